The number of rotatable bonds is 5. The van der Waals surface area contributed by atoms with Gasteiger partial charge in [-0.3, -0.25) is 4.57 Å². The van der Waals surface area contributed by atoms with Crippen LogP contribution >= 0.6 is 0 Å². The predicted molar refractivity (Wildman–Crippen MR) is 90.6 cm³/mol. The summed E-state index contributed by atoms with van der Waals surface area (Å²) in [6.07, 6.45) is -1.56. The zero-order valence-corrected chi connectivity index (χ0v) is 13.8. The van der Waals surface area contributed by atoms with Gasteiger partial charge in [-0.25, -0.2) is 19.3 Å². The quantitative estimate of drug-likeness (QED) is 0.705. The molecule has 0 bridgehead atoms. The molecule has 0 radical (unpaired) electrons. The van der Waals surface area contributed by atoms with E-state index >= 15 is 4.39 Å². The molecule has 9 heteroatoms. The lowest BCUT2D eigenvalue weighted by molar-refractivity contribution is -0.0643. The number of alkyl halides is 1. The van der Waals surface area contributed by atoms with Gasteiger partial charge < -0.3 is 20.3 Å². The van der Waals surface area contributed by atoms with Crippen LogP contribution in [0.5, 0.6) is 0 Å². The highest BCUT2D eigenvalue weighted by Crippen LogP contribution is 2.35. The number of aromatic nitrogens is 4. The Balaban J connectivity index is 1.57. The number of ether oxygens (including phenoxy) is 2. The fourth-order valence-corrected chi connectivity index (χ4v) is 3.09. The number of aliphatic hydroxyl groups excluding tert-OH is 1. The summed E-state index contributed by atoms with van der Waals surface area (Å²) in [6, 6.07) is 9.43. The van der Waals surface area contributed by atoms with Gasteiger partial charge in [-0.2, -0.15) is 0 Å². The Morgan fingerprint density at radius 3 is 2.81 bits per heavy atom. The van der Waals surface area contributed by atoms with Gasteiger partial charge in [-0.05, 0) is 5.56 Å². The predicted octanol–water partition coefficient (Wildman–Crippen LogP) is 1.22. The molecule has 0 aliphatic carbocycles. The maximum Gasteiger partial charge on any atom is 0.174 e. The van der Waals surface area contributed by atoms with E-state index in [0.717, 1.165) is 5.56 Å². The molecule has 3 heterocycles. The van der Waals surface area contributed by atoms with Crippen molar-refractivity contribution in [2.45, 2.75) is 31.2 Å². The number of fused-ring (bicyclic) bond motifs is 1. The lowest BCUT2D eigenvalue weighted by Crippen LogP contribution is -2.33. The topological polar surface area (TPSA) is 108 Å². The average Bonchev–Trinajstić information content (AvgIpc) is 3.22. The third kappa shape index (κ3) is 2.90. The molecule has 2 aromatic heterocycles. The van der Waals surface area contributed by atoms with Crippen LogP contribution in [0.3, 0.4) is 0 Å². The Bertz CT molecular complexity index is 890. The number of nitrogens with zero attached hydrogens (tertiary/aromatic N) is 4. The number of nitrogens with two attached hydrogens (primary N) is 1. The highest BCUT2D eigenvalue weighted by molar-refractivity contribution is 5.81. The third-order valence-electron chi connectivity index (χ3n) is 4.39. The zero-order valence-electron chi connectivity index (χ0n) is 13.8. The van der Waals surface area contributed by atoms with Crippen LogP contribution in [0, 0.1) is 0 Å². The van der Waals surface area contributed by atoms with Crippen molar-refractivity contribution < 1.29 is 19.0 Å². The van der Waals surface area contributed by atoms with Gasteiger partial charge in [-0.1, -0.05) is 30.3 Å². The first kappa shape index (κ1) is 16.8. The molecular formula is C17H18FN5O3. The average molecular weight is 359 g/mol. The summed E-state index contributed by atoms with van der Waals surface area (Å²) in [5, 5.41) is 9.58. The third-order valence-corrected chi connectivity index (χ3v) is 4.39. The first-order valence-electron chi connectivity index (χ1n) is 8.18. The van der Waals surface area contributed by atoms with E-state index < -0.39 is 24.6 Å². The Morgan fingerprint density at radius 2 is 2.04 bits per heavy atom. The molecular weight excluding hydrogens is 341 g/mol. The fourth-order valence-electron chi connectivity index (χ4n) is 3.09. The molecule has 3 N–H and O–H groups in total. The summed E-state index contributed by atoms with van der Waals surface area (Å²) in [7, 11) is 0. The smallest absolute Gasteiger partial charge is 0.174 e. The summed E-state index contributed by atoms with van der Waals surface area (Å²) in [6.45, 7) is -0.140. The van der Waals surface area contributed by atoms with Crippen LogP contribution in [0.4, 0.5) is 10.2 Å². The van der Waals surface area contributed by atoms with Gasteiger partial charge in [0, 0.05) is 0 Å². The van der Waals surface area contributed by atoms with E-state index in [4.69, 9.17) is 15.2 Å². The van der Waals surface area contributed by atoms with E-state index in [2.05, 4.69) is 15.0 Å². The second kappa shape index (κ2) is 6.94. The van der Waals surface area contributed by atoms with Gasteiger partial charge in [-0.15, -0.1) is 0 Å². The maximum absolute atomic E-state index is 15.1. The van der Waals surface area contributed by atoms with E-state index in [9.17, 15) is 5.11 Å². The molecule has 1 fully saturated rings. The molecule has 0 amide bonds. The summed E-state index contributed by atoms with van der Waals surface area (Å²) in [4.78, 5) is 12.1. The van der Waals surface area contributed by atoms with Crippen LogP contribution in [-0.2, 0) is 16.1 Å². The standard InChI is InChI=1S/C17H18FN5O3/c18-12-14(25-7-10-4-2-1-3-5-10)11(6-24)26-17(12)23-9-22-13-15(19)20-8-21-16(13)23/h1-5,8-9,11-12,14,17,24H,6-7H2,(H2,19,20,21)/t11-,12+,14-,17-/m1/s1. The summed E-state index contributed by atoms with van der Waals surface area (Å²) in [5.74, 6) is 0.206. The largest absolute Gasteiger partial charge is 0.394 e. The van der Waals surface area contributed by atoms with Crippen molar-refractivity contribution in [1.29, 1.82) is 0 Å². The van der Waals surface area contributed by atoms with Crippen LogP contribution in [-0.4, -0.2) is 49.6 Å². The maximum atomic E-state index is 15.1. The molecule has 0 spiro atoms. The minimum absolute atomic E-state index is 0.206. The molecule has 0 unspecified atom stereocenters. The highest BCUT2D eigenvalue weighted by atomic mass is 19.1. The van der Waals surface area contributed by atoms with Crippen molar-refractivity contribution in [3.63, 3.8) is 0 Å². The normalized spacial score (nSPS) is 25.8. The van der Waals surface area contributed by atoms with Gasteiger partial charge in [0.25, 0.3) is 0 Å². The van der Waals surface area contributed by atoms with Gasteiger partial charge in [0.15, 0.2) is 23.9 Å². The number of aliphatic hydroxyl groups is 1. The number of hydrogen-bond acceptors (Lipinski definition) is 7. The SMILES string of the molecule is Nc1ncnc2c1ncn2[C@@H]1O[C@H](CO)[C@@H](OCc2ccccc2)[C@@H]1F. The van der Waals surface area contributed by atoms with Crippen LogP contribution < -0.4 is 5.73 Å². The zero-order chi connectivity index (χ0) is 18.1. The number of hydrogen-bond donors (Lipinski definition) is 2. The van der Waals surface area contributed by atoms with Crippen molar-refractivity contribution in [2.75, 3.05) is 12.3 Å². The van der Waals surface area contributed by atoms with Crippen molar-refractivity contribution in [1.82, 2.24) is 19.5 Å². The van der Waals surface area contributed by atoms with Crippen molar-refractivity contribution in [2.24, 2.45) is 0 Å². The second-order valence-electron chi connectivity index (χ2n) is 6.04. The minimum Gasteiger partial charge on any atom is -0.394 e. The molecule has 4 atom stereocenters. The second-order valence-corrected chi connectivity index (χ2v) is 6.04. The highest BCUT2D eigenvalue weighted by Gasteiger charge is 2.47. The number of benzene rings is 1. The summed E-state index contributed by atoms with van der Waals surface area (Å²) < 4.78 is 28.0. The van der Waals surface area contributed by atoms with Gasteiger partial charge in [0.2, 0.25) is 0 Å². The van der Waals surface area contributed by atoms with E-state index in [1.165, 1.54) is 17.2 Å². The Morgan fingerprint density at radius 1 is 1.23 bits per heavy atom. The molecule has 4 rings (SSSR count). The van der Waals surface area contributed by atoms with E-state index in [-0.39, 0.29) is 19.0 Å². The molecule has 0 saturated carbocycles. The molecule has 26 heavy (non-hydrogen) atoms. The van der Waals surface area contributed by atoms with Crippen molar-refractivity contribution in [3.05, 3.63) is 48.5 Å². The van der Waals surface area contributed by atoms with Crippen LogP contribution in [0.1, 0.15) is 11.8 Å². The molecule has 8 nitrogen and oxygen atoms in total. The molecule has 1 aliphatic rings. The molecule has 3 aromatic rings. The number of imidazole rings is 1. The monoisotopic (exact) mass is 359 g/mol. The van der Waals surface area contributed by atoms with Crippen molar-refractivity contribution >= 4 is 17.0 Å². The van der Waals surface area contributed by atoms with E-state index in [0.29, 0.717) is 11.2 Å². The Hall–Kier alpha value is -2.62. The Kier molecular flexibility index (Phi) is 4.49. The minimum atomic E-state index is -1.51. The lowest BCUT2D eigenvalue weighted by Gasteiger charge is -2.18. The fraction of sp³-hybridized carbons (Fsp3) is 0.353. The van der Waals surface area contributed by atoms with Crippen LogP contribution in [0.15, 0.2) is 43.0 Å². The molecule has 1 aliphatic heterocycles. The van der Waals surface area contributed by atoms with Crippen LogP contribution in [0.2, 0.25) is 0 Å². The van der Waals surface area contributed by atoms with Gasteiger partial charge >= 0.3 is 0 Å². The first-order valence-corrected chi connectivity index (χ1v) is 8.18. The number of anilines is 1. The lowest BCUT2D eigenvalue weighted by atomic mass is 10.1. The summed E-state index contributed by atoms with van der Waals surface area (Å²) in [5.41, 5.74) is 7.42. The van der Waals surface area contributed by atoms with Crippen molar-refractivity contribution in [3.8, 4) is 0 Å². The molecule has 1 aromatic carbocycles. The molecule has 136 valence electrons. The van der Waals surface area contributed by atoms with E-state index in [1.807, 2.05) is 30.3 Å². The molecule has 1 saturated heterocycles. The van der Waals surface area contributed by atoms with Gasteiger partial charge in [0.1, 0.15) is 24.1 Å². The number of halogens is 1. The Labute approximate surface area is 148 Å². The van der Waals surface area contributed by atoms with Crippen LogP contribution in [0.25, 0.3) is 11.2 Å². The summed E-state index contributed by atoms with van der Waals surface area (Å²) >= 11 is 0. The first-order chi connectivity index (χ1) is 12.7. The van der Waals surface area contributed by atoms with E-state index in [1.54, 1.807) is 0 Å². The number of nitrogen functional groups attached to an aromatic ring is 1. The van der Waals surface area contributed by atoms with Gasteiger partial charge in [0.05, 0.1) is 19.5 Å².